The van der Waals surface area contributed by atoms with Crippen LogP contribution in [0.15, 0.2) is 60.9 Å². The van der Waals surface area contributed by atoms with Crippen molar-refractivity contribution >= 4 is 34.4 Å². The first kappa shape index (κ1) is 21.3. The van der Waals surface area contributed by atoms with Gasteiger partial charge in [0.1, 0.15) is 17.7 Å². The van der Waals surface area contributed by atoms with Gasteiger partial charge in [0.05, 0.1) is 12.1 Å². The molecule has 8 heteroatoms. The van der Waals surface area contributed by atoms with Crippen molar-refractivity contribution in [2.24, 2.45) is 0 Å². The van der Waals surface area contributed by atoms with Crippen molar-refractivity contribution in [2.75, 3.05) is 11.9 Å². The SMILES string of the molecule is N#Cc1c(NC(=O)/C=C/c2cccnc2)sc2c1CCN(C(=O)OCc1ccccc1)C2. The van der Waals surface area contributed by atoms with Crippen LogP contribution >= 0.6 is 11.3 Å². The van der Waals surface area contributed by atoms with Crippen molar-refractivity contribution in [3.63, 3.8) is 0 Å². The van der Waals surface area contributed by atoms with Gasteiger partial charge in [-0.05, 0) is 35.3 Å². The summed E-state index contributed by atoms with van der Waals surface area (Å²) in [5.41, 5.74) is 3.07. The van der Waals surface area contributed by atoms with Crippen LogP contribution in [0.1, 0.15) is 27.1 Å². The van der Waals surface area contributed by atoms with Crippen LogP contribution in [0.4, 0.5) is 9.80 Å². The molecule has 3 heterocycles. The van der Waals surface area contributed by atoms with Crippen molar-refractivity contribution in [3.05, 3.63) is 88.1 Å². The molecule has 0 radical (unpaired) electrons. The molecule has 0 spiro atoms. The lowest BCUT2D eigenvalue weighted by Gasteiger charge is -2.26. The van der Waals surface area contributed by atoms with E-state index in [1.54, 1.807) is 29.4 Å². The van der Waals surface area contributed by atoms with Crippen LogP contribution in [-0.2, 0) is 29.1 Å². The number of pyridine rings is 1. The molecule has 0 aliphatic carbocycles. The molecule has 1 aliphatic heterocycles. The lowest BCUT2D eigenvalue weighted by Crippen LogP contribution is -2.35. The average Bonchev–Trinajstić information content (AvgIpc) is 3.18. The fourth-order valence-electron chi connectivity index (χ4n) is 3.38. The van der Waals surface area contributed by atoms with E-state index in [0.29, 0.717) is 30.1 Å². The van der Waals surface area contributed by atoms with Crippen LogP contribution < -0.4 is 5.32 Å². The van der Waals surface area contributed by atoms with Gasteiger partial charge in [-0.15, -0.1) is 11.3 Å². The number of ether oxygens (including phenoxy) is 1. The maximum atomic E-state index is 12.5. The molecule has 32 heavy (non-hydrogen) atoms. The number of carbonyl (C=O) groups excluding carboxylic acids is 2. The normalized spacial score (nSPS) is 12.8. The highest BCUT2D eigenvalue weighted by atomic mass is 32.1. The molecular weight excluding hydrogens is 424 g/mol. The third-order valence-electron chi connectivity index (χ3n) is 4.98. The fraction of sp³-hybridized carbons (Fsp3) is 0.167. The molecule has 0 bridgehead atoms. The van der Waals surface area contributed by atoms with Crippen LogP contribution in [0, 0.1) is 11.3 Å². The second-order valence-electron chi connectivity index (χ2n) is 7.14. The first-order chi connectivity index (χ1) is 15.6. The predicted molar refractivity (Wildman–Crippen MR) is 122 cm³/mol. The average molecular weight is 445 g/mol. The van der Waals surface area contributed by atoms with Crippen LogP contribution in [-0.4, -0.2) is 28.4 Å². The van der Waals surface area contributed by atoms with Crippen LogP contribution in [0.2, 0.25) is 0 Å². The number of nitriles is 1. The fourth-order valence-corrected chi connectivity index (χ4v) is 4.59. The Labute approximate surface area is 189 Å². The van der Waals surface area contributed by atoms with E-state index in [1.165, 1.54) is 17.4 Å². The minimum Gasteiger partial charge on any atom is -0.445 e. The number of hydrogen-bond acceptors (Lipinski definition) is 6. The zero-order chi connectivity index (χ0) is 22.3. The Kier molecular flexibility index (Phi) is 6.58. The van der Waals surface area contributed by atoms with E-state index in [1.807, 2.05) is 36.4 Å². The third kappa shape index (κ3) is 5.02. The summed E-state index contributed by atoms with van der Waals surface area (Å²) in [7, 11) is 0. The number of rotatable bonds is 5. The summed E-state index contributed by atoms with van der Waals surface area (Å²) >= 11 is 1.32. The number of aromatic nitrogens is 1. The van der Waals surface area contributed by atoms with E-state index in [9.17, 15) is 14.9 Å². The van der Waals surface area contributed by atoms with Crippen molar-refractivity contribution in [2.45, 2.75) is 19.6 Å². The number of hydrogen-bond donors (Lipinski definition) is 1. The Morgan fingerprint density at radius 3 is 2.84 bits per heavy atom. The number of nitrogens with one attached hydrogen (secondary N) is 1. The van der Waals surface area contributed by atoms with E-state index in [4.69, 9.17) is 4.74 Å². The highest BCUT2D eigenvalue weighted by Gasteiger charge is 2.28. The number of fused-ring (bicyclic) bond motifs is 1. The molecule has 0 unspecified atom stereocenters. The highest BCUT2D eigenvalue weighted by molar-refractivity contribution is 7.16. The van der Waals surface area contributed by atoms with Gasteiger partial charge >= 0.3 is 6.09 Å². The third-order valence-corrected chi connectivity index (χ3v) is 6.11. The molecule has 0 fully saturated rings. The number of thiophene rings is 1. The molecule has 0 atom stereocenters. The summed E-state index contributed by atoms with van der Waals surface area (Å²) in [5.74, 6) is -0.330. The van der Waals surface area contributed by atoms with Crippen LogP contribution in [0.25, 0.3) is 6.08 Å². The first-order valence-corrected chi connectivity index (χ1v) is 10.8. The Hall–Kier alpha value is -3.96. The molecule has 0 saturated carbocycles. The smallest absolute Gasteiger partial charge is 0.410 e. The minimum atomic E-state index is -0.392. The summed E-state index contributed by atoms with van der Waals surface area (Å²) in [6.45, 7) is 1.02. The van der Waals surface area contributed by atoms with Crippen LogP contribution in [0.3, 0.4) is 0 Å². The Morgan fingerprint density at radius 1 is 1.25 bits per heavy atom. The molecule has 2 aromatic heterocycles. The van der Waals surface area contributed by atoms with Gasteiger partial charge in [-0.25, -0.2) is 4.79 Å². The van der Waals surface area contributed by atoms with E-state index in [2.05, 4.69) is 16.4 Å². The summed E-state index contributed by atoms with van der Waals surface area (Å²) < 4.78 is 5.43. The molecule has 1 N–H and O–H groups in total. The second kappa shape index (κ2) is 9.90. The predicted octanol–water partition coefficient (Wildman–Crippen LogP) is 4.36. The van der Waals surface area contributed by atoms with E-state index < -0.39 is 6.09 Å². The van der Waals surface area contributed by atoms with Gasteiger partial charge in [-0.2, -0.15) is 5.26 Å². The van der Waals surface area contributed by atoms with E-state index in [0.717, 1.165) is 21.6 Å². The molecule has 1 aromatic carbocycles. The van der Waals surface area contributed by atoms with Crippen molar-refractivity contribution in [3.8, 4) is 6.07 Å². The lowest BCUT2D eigenvalue weighted by atomic mass is 10.0. The topological polar surface area (TPSA) is 95.3 Å². The minimum absolute atomic E-state index is 0.210. The summed E-state index contributed by atoms with van der Waals surface area (Å²) in [4.78, 5) is 31.4. The zero-order valence-corrected chi connectivity index (χ0v) is 18.0. The second-order valence-corrected chi connectivity index (χ2v) is 8.25. The zero-order valence-electron chi connectivity index (χ0n) is 17.2. The summed E-state index contributed by atoms with van der Waals surface area (Å²) in [6, 6.07) is 15.3. The molecule has 0 saturated heterocycles. The number of amides is 2. The van der Waals surface area contributed by atoms with Gasteiger partial charge in [-0.1, -0.05) is 36.4 Å². The molecule has 4 rings (SSSR count). The first-order valence-electron chi connectivity index (χ1n) is 10.0. The monoisotopic (exact) mass is 444 g/mol. The summed E-state index contributed by atoms with van der Waals surface area (Å²) in [5, 5.41) is 12.9. The highest BCUT2D eigenvalue weighted by Crippen LogP contribution is 2.36. The largest absolute Gasteiger partial charge is 0.445 e. The lowest BCUT2D eigenvalue weighted by molar-refractivity contribution is -0.111. The van der Waals surface area contributed by atoms with Gasteiger partial charge in [0.2, 0.25) is 5.91 Å². The van der Waals surface area contributed by atoms with Crippen molar-refractivity contribution in [1.29, 1.82) is 5.26 Å². The van der Waals surface area contributed by atoms with Crippen molar-refractivity contribution in [1.82, 2.24) is 9.88 Å². The van der Waals surface area contributed by atoms with Gasteiger partial charge in [0.25, 0.3) is 0 Å². The quantitative estimate of drug-likeness (QED) is 0.590. The number of carbonyl (C=O) groups is 2. The van der Waals surface area contributed by atoms with E-state index >= 15 is 0 Å². The molecule has 2 amide bonds. The molecule has 3 aromatic rings. The van der Waals surface area contributed by atoms with Gasteiger partial charge < -0.3 is 15.0 Å². The maximum absolute atomic E-state index is 12.5. The van der Waals surface area contributed by atoms with Gasteiger partial charge in [0.15, 0.2) is 0 Å². The molecule has 1 aliphatic rings. The number of anilines is 1. The molecular formula is C24H20N4O3S. The summed E-state index contributed by atoms with van der Waals surface area (Å²) in [6.07, 6.45) is 6.52. The van der Waals surface area contributed by atoms with E-state index in [-0.39, 0.29) is 12.5 Å². The molecule has 7 nitrogen and oxygen atoms in total. The molecule has 160 valence electrons. The van der Waals surface area contributed by atoms with Crippen LogP contribution in [0.5, 0.6) is 0 Å². The van der Waals surface area contributed by atoms with Crippen molar-refractivity contribution < 1.29 is 14.3 Å². The Morgan fingerprint density at radius 2 is 2.09 bits per heavy atom. The Bertz CT molecular complexity index is 1180. The van der Waals surface area contributed by atoms with Gasteiger partial charge in [-0.3, -0.25) is 9.78 Å². The Balaban J connectivity index is 1.41. The maximum Gasteiger partial charge on any atom is 0.410 e. The van der Waals surface area contributed by atoms with Gasteiger partial charge in [0, 0.05) is 29.9 Å². The number of benzene rings is 1. The number of nitrogens with zero attached hydrogens (tertiary/aromatic N) is 3. The standard InChI is InChI=1S/C24H20N4O3S/c25-13-20-19-10-12-28(24(30)31-16-18-5-2-1-3-6-18)15-21(19)32-23(20)27-22(29)9-8-17-7-4-11-26-14-17/h1-9,11,14H,10,12,15-16H2,(H,27,29)/b9-8+.